The van der Waals surface area contributed by atoms with E-state index in [2.05, 4.69) is 4.98 Å². The lowest BCUT2D eigenvalue weighted by Gasteiger charge is -2.25. The summed E-state index contributed by atoms with van der Waals surface area (Å²) < 4.78 is 10.6. The van der Waals surface area contributed by atoms with E-state index in [0.29, 0.717) is 23.8 Å². The third kappa shape index (κ3) is 3.27. The van der Waals surface area contributed by atoms with E-state index >= 15 is 0 Å². The van der Waals surface area contributed by atoms with Crippen molar-refractivity contribution in [3.8, 4) is 11.5 Å². The summed E-state index contributed by atoms with van der Waals surface area (Å²) in [6.45, 7) is 0.577. The van der Waals surface area contributed by atoms with Gasteiger partial charge in [0.15, 0.2) is 11.5 Å². The molecule has 0 bridgehead atoms. The topological polar surface area (TPSA) is 51.7 Å². The van der Waals surface area contributed by atoms with E-state index in [0.717, 1.165) is 11.1 Å². The first-order valence-electron chi connectivity index (χ1n) is 7.25. The van der Waals surface area contributed by atoms with Crippen molar-refractivity contribution >= 4 is 17.7 Å². The van der Waals surface area contributed by atoms with E-state index in [1.165, 1.54) is 0 Å². The minimum atomic E-state index is -0.0181. The van der Waals surface area contributed by atoms with Crippen LogP contribution in [0, 0.1) is 0 Å². The summed E-state index contributed by atoms with van der Waals surface area (Å²) in [6, 6.07) is 9.66. The Morgan fingerprint density at radius 2 is 1.91 bits per heavy atom. The van der Waals surface area contributed by atoms with Crippen molar-refractivity contribution in [1.29, 1.82) is 0 Å². The van der Waals surface area contributed by atoms with Gasteiger partial charge in [0.05, 0.1) is 20.0 Å². The number of hydrogen-bond donors (Lipinski definition) is 0. The Hall–Kier alpha value is -2.21. The van der Waals surface area contributed by atoms with Crippen LogP contribution in [0.4, 0.5) is 0 Å². The zero-order chi connectivity index (χ0) is 16.2. The number of methoxy groups -OCH3 is 2. The van der Waals surface area contributed by atoms with Crippen molar-refractivity contribution < 1.29 is 14.3 Å². The summed E-state index contributed by atoms with van der Waals surface area (Å²) in [5, 5.41) is -0.0181. The number of aromatic nitrogens is 1. The fraction of sp³-hybridized carbons (Fsp3) is 0.294. The summed E-state index contributed by atoms with van der Waals surface area (Å²) >= 11 is 1.63. The van der Waals surface area contributed by atoms with Gasteiger partial charge in [-0.2, -0.15) is 0 Å². The smallest absolute Gasteiger partial charge is 0.234 e. The third-order valence-corrected chi connectivity index (χ3v) is 5.02. The molecule has 5 nitrogen and oxygen atoms in total. The second-order valence-corrected chi connectivity index (χ2v) is 6.22. The number of carbonyl (C=O) groups excluding carboxylic acids is 1. The largest absolute Gasteiger partial charge is 0.493 e. The molecule has 0 radical (unpaired) electrons. The summed E-state index contributed by atoms with van der Waals surface area (Å²) in [7, 11) is 3.23. The van der Waals surface area contributed by atoms with Gasteiger partial charge in [0.25, 0.3) is 0 Å². The molecule has 1 aliphatic heterocycles. The lowest BCUT2D eigenvalue weighted by molar-refractivity contribution is -0.128. The van der Waals surface area contributed by atoms with E-state index in [-0.39, 0.29) is 11.3 Å². The van der Waals surface area contributed by atoms with E-state index in [1.54, 1.807) is 38.4 Å². The molecular formula is C17H18N2O3S. The van der Waals surface area contributed by atoms with Crippen LogP contribution in [0.2, 0.25) is 0 Å². The van der Waals surface area contributed by atoms with Gasteiger partial charge in [-0.25, -0.2) is 0 Å². The Balaban J connectivity index is 1.87. The number of hydrogen-bond acceptors (Lipinski definition) is 5. The molecule has 2 aromatic rings. The molecule has 1 aromatic heterocycles. The first-order valence-corrected chi connectivity index (χ1v) is 8.29. The third-order valence-electron chi connectivity index (χ3n) is 3.76. The van der Waals surface area contributed by atoms with Gasteiger partial charge in [-0.3, -0.25) is 9.78 Å². The van der Waals surface area contributed by atoms with Crippen LogP contribution in [-0.2, 0) is 11.3 Å². The van der Waals surface area contributed by atoms with Gasteiger partial charge in [0, 0.05) is 18.9 Å². The molecule has 2 heterocycles. The Bertz CT molecular complexity index is 693. The fourth-order valence-corrected chi connectivity index (χ4v) is 3.77. The molecule has 23 heavy (non-hydrogen) atoms. The molecule has 1 unspecified atom stereocenters. The Labute approximate surface area is 139 Å². The van der Waals surface area contributed by atoms with Gasteiger partial charge >= 0.3 is 0 Å². The number of amides is 1. The average Bonchev–Trinajstić information content (AvgIpc) is 2.96. The SMILES string of the molecule is COc1ccc(C2SCC(=O)N2Cc2ccncc2)cc1OC. The fourth-order valence-electron chi connectivity index (χ4n) is 2.59. The molecule has 0 N–H and O–H groups in total. The Kier molecular flexibility index (Phi) is 4.71. The molecular weight excluding hydrogens is 312 g/mol. The molecule has 1 amide bonds. The lowest BCUT2D eigenvalue weighted by atomic mass is 10.1. The summed E-state index contributed by atoms with van der Waals surface area (Å²) in [4.78, 5) is 18.2. The molecule has 1 aliphatic rings. The standard InChI is InChI=1S/C17H18N2O3S/c1-21-14-4-3-13(9-15(14)22-2)17-19(16(20)11-23-17)10-12-5-7-18-8-6-12/h3-9,17H,10-11H2,1-2H3. The van der Waals surface area contributed by atoms with Crippen molar-refractivity contribution in [2.75, 3.05) is 20.0 Å². The highest BCUT2D eigenvalue weighted by molar-refractivity contribution is 8.00. The lowest BCUT2D eigenvalue weighted by Crippen LogP contribution is -2.27. The number of ether oxygens (including phenoxy) is 2. The van der Waals surface area contributed by atoms with Crippen LogP contribution >= 0.6 is 11.8 Å². The molecule has 0 aliphatic carbocycles. The molecule has 120 valence electrons. The quantitative estimate of drug-likeness (QED) is 0.844. The van der Waals surface area contributed by atoms with Crippen LogP contribution in [0.15, 0.2) is 42.7 Å². The van der Waals surface area contributed by atoms with Crippen molar-refractivity contribution in [2.45, 2.75) is 11.9 Å². The molecule has 6 heteroatoms. The first kappa shape index (κ1) is 15.7. The molecule has 1 fully saturated rings. The summed E-state index contributed by atoms with van der Waals surface area (Å²) in [5.41, 5.74) is 2.11. The maximum Gasteiger partial charge on any atom is 0.234 e. The monoisotopic (exact) mass is 330 g/mol. The summed E-state index contributed by atoms with van der Waals surface area (Å²) in [5.74, 6) is 2.00. The Morgan fingerprint density at radius 1 is 1.17 bits per heavy atom. The molecule has 1 saturated heterocycles. The van der Waals surface area contributed by atoms with Crippen LogP contribution in [0.1, 0.15) is 16.5 Å². The zero-order valence-corrected chi connectivity index (χ0v) is 13.9. The van der Waals surface area contributed by atoms with E-state index < -0.39 is 0 Å². The predicted molar refractivity (Wildman–Crippen MR) is 89.5 cm³/mol. The minimum Gasteiger partial charge on any atom is -0.493 e. The first-order chi connectivity index (χ1) is 11.2. The Morgan fingerprint density at radius 3 is 2.61 bits per heavy atom. The van der Waals surface area contributed by atoms with Crippen LogP contribution in [0.3, 0.4) is 0 Å². The van der Waals surface area contributed by atoms with Crippen LogP contribution < -0.4 is 9.47 Å². The number of pyridine rings is 1. The summed E-state index contributed by atoms with van der Waals surface area (Å²) in [6.07, 6.45) is 3.49. The van der Waals surface area contributed by atoms with Crippen LogP contribution in [-0.4, -0.2) is 35.8 Å². The van der Waals surface area contributed by atoms with Gasteiger partial charge in [-0.15, -0.1) is 11.8 Å². The van der Waals surface area contributed by atoms with E-state index in [9.17, 15) is 4.79 Å². The highest BCUT2D eigenvalue weighted by Crippen LogP contribution is 2.42. The van der Waals surface area contributed by atoms with Gasteiger partial charge < -0.3 is 14.4 Å². The van der Waals surface area contributed by atoms with Gasteiger partial charge in [-0.05, 0) is 35.4 Å². The molecule has 1 aromatic carbocycles. The zero-order valence-electron chi connectivity index (χ0n) is 13.1. The normalized spacial score (nSPS) is 17.4. The number of nitrogens with zero attached hydrogens (tertiary/aromatic N) is 2. The minimum absolute atomic E-state index is 0.0181. The molecule has 1 atom stereocenters. The molecule has 3 rings (SSSR count). The number of carbonyl (C=O) groups is 1. The maximum atomic E-state index is 12.3. The second-order valence-electron chi connectivity index (χ2n) is 5.15. The second kappa shape index (κ2) is 6.91. The van der Waals surface area contributed by atoms with Crippen LogP contribution in [0.25, 0.3) is 0 Å². The average molecular weight is 330 g/mol. The molecule has 0 spiro atoms. The number of thioether (sulfide) groups is 1. The van der Waals surface area contributed by atoms with Crippen molar-refractivity contribution in [3.63, 3.8) is 0 Å². The van der Waals surface area contributed by atoms with Crippen molar-refractivity contribution in [3.05, 3.63) is 53.9 Å². The van der Waals surface area contributed by atoms with Crippen molar-refractivity contribution in [2.24, 2.45) is 0 Å². The molecule has 0 saturated carbocycles. The van der Waals surface area contributed by atoms with E-state index in [1.807, 2.05) is 35.2 Å². The number of rotatable bonds is 5. The predicted octanol–water partition coefficient (Wildman–Crippen LogP) is 2.87. The highest BCUT2D eigenvalue weighted by Gasteiger charge is 2.33. The van der Waals surface area contributed by atoms with Crippen molar-refractivity contribution in [1.82, 2.24) is 9.88 Å². The van der Waals surface area contributed by atoms with Gasteiger partial charge in [-0.1, -0.05) is 6.07 Å². The van der Waals surface area contributed by atoms with Gasteiger partial charge in [0.2, 0.25) is 5.91 Å². The van der Waals surface area contributed by atoms with Gasteiger partial charge in [0.1, 0.15) is 5.37 Å². The highest BCUT2D eigenvalue weighted by atomic mass is 32.2. The van der Waals surface area contributed by atoms with E-state index in [4.69, 9.17) is 9.47 Å². The maximum absolute atomic E-state index is 12.3. The van der Waals surface area contributed by atoms with Crippen LogP contribution in [0.5, 0.6) is 11.5 Å². The number of benzene rings is 1.